The van der Waals surface area contributed by atoms with Crippen LogP contribution in [0.15, 0.2) is 24.3 Å². The smallest absolute Gasteiger partial charge is 0.399 e. The van der Waals surface area contributed by atoms with Gasteiger partial charge in [0.25, 0.3) is 0 Å². The number of hydrogen-bond acceptors (Lipinski definition) is 5. The summed E-state index contributed by atoms with van der Waals surface area (Å²) in [6, 6.07) is 7.65. The van der Waals surface area contributed by atoms with Gasteiger partial charge in [0.05, 0.1) is 27.3 Å². The average Bonchev–Trinajstić information content (AvgIpc) is 2.77. The van der Waals surface area contributed by atoms with Crippen LogP contribution >= 0.6 is 0 Å². The lowest BCUT2D eigenvalue weighted by Crippen LogP contribution is -2.50. The maximum Gasteiger partial charge on any atom is 0.494 e. The molecule has 148 valence electrons. The highest BCUT2D eigenvalue weighted by atomic mass is 32.2. The first-order valence-electron chi connectivity index (χ1n) is 9.86. The molecule has 1 aromatic carbocycles. The molecule has 3 heterocycles. The van der Waals surface area contributed by atoms with Gasteiger partial charge in [-0.25, -0.2) is 8.42 Å². The predicted octanol–water partition coefficient (Wildman–Crippen LogP) is 2.30. The monoisotopic (exact) mass is 392 g/mol. The summed E-state index contributed by atoms with van der Waals surface area (Å²) >= 11 is 0. The molecule has 0 spiro atoms. The minimum absolute atomic E-state index is 0.276. The number of aliphatic hydroxyl groups is 1. The van der Waals surface area contributed by atoms with Gasteiger partial charge in [0, 0.05) is 0 Å². The van der Waals surface area contributed by atoms with E-state index in [0.29, 0.717) is 12.8 Å². The minimum Gasteiger partial charge on any atom is -0.399 e. The lowest BCUT2D eigenvalue weighted by atomic mass is 9.74. The highest BCUT2D eigenvalue weighted by Crippen LogP contribution is 2.46. The Morgan fingerprint density at radius 1 is 1.04 bits per heavy atom. The second-order valence-corrected chi connectivity index (χ2v) is 11.9. The van der Waals surface area contributed by atoms with Crippen molar-refractivity contribution in [3.63, 3.8) is 0 Å². The SMILES string of the molecule is CC1(C)OB(c2cccc(C3(O)CC4CCCC(C3)S4(=O)=O)c2)OC1(C)C. The fourth-order valence-electron chi connectivity index (χ4n) is 4.64. The van der Waals surface area contributed by atoms with Gasteiger partial charge >= 0.3 is 7.12 Å². The van der Waals surface area contributed by atoms with E-state index in [1.165, 1.54) is 0 Å². The van der Waals surface area contributed by atoms with Crippen molar-refractivity contribution in [3.8, 4) is 0 Å². The fraction of sp³-hybridized carbons (Fsp3) is 0.700. The topological polar surface area (TPSA) is 72.8 Å². The van der Waals surface area contributed by atoms with Crippen LogP contribution in [0, 0.1) is 0 Å². The molecule has 27 heavy (non-hydrogen) atoms. The van der Waals surface area contributed by atoms with Gasteiger partial charge in [-0.2, -0.15) is 0 Å². The van der Waals surface area contributed by atoms with E-state index in [-0.39, 0.29) is 12.8 Å². The van der Waals surface area contributed by atoms with Gasteiger partial charge in [0.1, 0.15) is 0 Å². The van der Waals surface area contributed by atoms with E-state index in [0.717, 1.165) is 17.4 Å². The summed E-state index contributed by atoms with van der Waals surface area (Å²) in [4.78, 5) is 0. The molecule has 7 heteroatoms. The maximum atomic E-state index is 12.6. The average molecular weight is 392 g/mol. The molecule has 1 N–H and O–H groups in total. The molecule has 2 bridgehead atoms. The molecule has 3 saturated heterocycles. The van der Waals surface area contributed by atoms with Crippen molar-refractivity contribution >= 4 is 22.4 Å². The van der Waals surface area contributed by atoms with E-state index in [4.69, 9.17) is 9.31 Å². The Morgan fingerprint density at radius 3 is 2.15 bits per heavy atom. The molecule has 2 unspecified atom stereocenters. The zero-order valence-corrected chi connectivity index (χ0v) is 17.4. The van der Waals surface area contributed by atoms with Crippen LogP contribution < -0.4 is 5.46 Å². The van der Waals surface area contributed by atoms with Gasteiger partial charge < -0.3 is 14.4 Å². The van der Waals surface area contributed by atoms with E-state index in [1.54, 1.807) is 0 Å². The van der Waals surface area contributed by atoms with Crippen LogP contribution in [0.2, 0.25) is 0 Å². The quantitative estimate of drug-likeness (QED) is 0.782. The Hall–Kier alpha value is -0.885. The zero-order valence-electron chi connectivity index (χ0n) is 16.6. The number of sulfone groups is 1. The summed E-state index contributed by atoms with van der Waals surface area (Å²) in [6.07, 6.45) is 2.78. The van der Waals surface area contributed by atoms with Crippen molar-refractivity contribution < 1.29 is 22.8 Å². The van der Waals surface area contributed by atoms with Crippen LogP contribution in [-0.2, 0) is 24.7 Å². The molecular weight excluding hydrogens is 363 g/mol. The van der Waals surface area contributed by atoms with E-state index in [1.807, 2.05) is 52.0 Å². The van der Waals surface area contributed by atoms with Gasteiger partial charge in [-0.1, -0.05) is 30.7 Å². The minimum atomic E-state index is -3.11. The van der Waals surface area contributed by atoms with E-state index >= 15 is 0 Å². The van der Waals surface area contributed by atoms with Crippen molar-refractivity contribution in [3.05, 3.63) is 29.8 Å². The van der Waals surface area contributed by atoms with Gasteiger partial charge in [-0.05, 0) is 64.4 Å². The molecule has 0 aromatic heterocycles. The summed E-state index contributed by atoms with van der Waals surface area (Å²) in [7, 11) is -3.61. The molecule has 0 amide bonds. The molecule has 0 saturated carbocycles. The fourth-order valence-corrected chi connectivity index (χ4v) is 7.19. The first-order valence-corrected chi connectivity index (χ1v) is 11.5. The second-order valence-electron chi connectivity index (χ2n) is 9.42. The molecule has 1 aromatic rings. The third kappa shape index (κ3) is 3.07. The Labute approximate surface area is 162 Å². The Balaban J connectivity index is 1.64. The summed E-state index contributed by atoms with van der Waals surface area (Å²) in [5.41, 5.74) is -0.346. The first-order chi connectivity index (χ1) is 12.4. The van der Waals surface area contributed by atoms with Crippen molar-refractivity contribution in [1.29, 1.82) is 0 Å². The maximum absolute atomic E-state index is 12.6. The summed E-state index contributed by atoms with van der Waals surface area (Å²) < 4.78 is 37.4. The van der Waals surface area contributed by atoms with Gasteiger partial charge in [0.2, 0.25) is 0 Å². The van der Waals surface area contributed by atoms with Gasteiger partial charge in [-0.3, -0.25) is 0 Å². The Morgan fingerprint density at radius 2 is 1.59 bits per heavy atom. The number of rotatable bonds is 2. The lowest BCUT2D eigenvalue weighted by Gasteiger charge is -2.44. The third-order valence-corrected chi connectivity index (χ3v) is 9.72. The highest BCUT2D eigenvalue weighted by Gasteiger charge is 2.53. The third-order valence-electron chi connectivity index (χ3n) is 7.06. The summed E-state index contributed by atoms with van der Waals surface area (Å²) in [5, 5.41) is 10.5. The van der Waals surface area contributed by atoms with Crippen LogP contribution in [0.3, 0.4) is 0 Å². The zero-order chi connectivity index (χ0) is 19.7. The van der Waals surface area contributed by atoms with E-state index in [9.17, 15) is 13.5 Å². The number of hydrogen-bond donors (Lipinski definition) is 1. The van der Waals surface area contributed by atoms with Crippen LogP contribution in [-0.4, -0.2) is 42.3 Å². The van der Waals surface area contributed by atoms with Crippen LogP contribution in [0.5, 0.6) is 0 Å². The van der Waals surface area contributed by atoms with Crippen molar-refractivity contribution in [1.82, 2.24) is 0 Å². The lowest BCUT2D eigenvalue weighted by molar-refractivity contribution is 0.00507. The van der Waals surface area contributed by atoms with Crippen LogP contribution in [0.1, 0.15) is 65.4 Å². The van der Waals surface area contributed by atoms with Crippen LogP contribution in [0.25, 0.3) is 0 Å². The molecule has 0 aliphatic carbocycles. The molecule has 2 atom stereocenters. The number of fused-ring (bicyclic) bond motifs is 2. The van der Waals surface area contributed by atoms with E-state index < -0.39 is 44.3 Å². The van der Waals surface area contributed by atoms with Gasteiger partial charge in [-0.15, -0.1) is 0 Å². The van der Waals surface area contributed by atoms with Crippen molar-refractivity contribution in [2.24, 2.45) is 0 Å². The predicted molar refractivity (Wildman–Crippen MR) is 106 cm³/mol. The molecule has 3 aliphatic rings. The molecule has 3 aliphatic heterocycles. The van der Waals surface area contributed by atoms with Crippen molar-refractivity contribution in [2.45, 2.75) is 87.1 Å². The first kappa shape index (κ1) is 19.4. The summed E-state index contributed by atoms with van der Waals surface area (Å²) in [6.45, 7) is 8.05. The standard InChI is InChI=1S/C20H29BO5S/c1-18(2)19(3,4)26-21(25-18)15-8-5-7-14(11-15)20(22)12-16-9-6-10-17(13-20)27(16,23)24/h5,7-8,11,16-17,22H,6,9-10,12-13H2,1-4H3. The van der Waals surface area contributed by atoms with Crippen molar-refractivity contribution in [2.75, 3.05) is 0 Å². The van der Waals surface area contributed by atoms with Gasteiger partial charge in [0.15, 0.2) is 9.84 Å². The molecule has 4 rings (SSSR count). The second kappa shape index (κ2) is 6.05. The Bertz CT molecular complexity index is 812. The largest absolute Gasteiger partial charge is 0.494 e. The van der Waals surface area contributed by atoms with E-state index in [2.05, 4.69) is 0 Å². The molecule has 0 radical (unpaired) electrons. The molecule has 3 fully saturated rings. The summed E-state index contributed by atoms with van der Waals surface area (Å²) in [5.74, 6) is 0. The molecular formula is C20H29BO5S. The number of benzene rings is 1. The van der Waals surface area contributed by atoms with Crippen LogP contribution in [0.4, 0.5) is 0 Å². The Kier molecular flexibility index (Phi) is 4.36. The highest BCUT2D eigenvalue weighted by molar-refractivity contribution is 7.92. The molecule has 5 nitrogen and oxygen atoms in total. The normalized spacial score (nSPS) is 36.6.